The molecule has 0 bridgehead atoms. The van der Waals surface area contributed by atoms with Crippen molar-refractivity contribution in [2.75, 3.05) is 13.1 Å². The van der Waals surface area contributed by atoms with Gasteiger partial charge in [-0.1, -0.05) is 0 Å². The fourth-order valence-corrected chi connectivity index (χ4v) is 5.93. The molecule has 132 valence electrons. The molecule has 2 aromatic heterocycles. The van der Waals surface area contributed by atoms with E-state index in [1.165, 1.54) is 34.7 Å². The molecule has 3 aliphatic rings. The fraction of sp³-hybridized carbons (Fsp3) is 0.600. The fourth-order valence-electron chi connectivity index (χ4n) is 4.94. The van der Waals surface area contributed by atoms with Crippen LogP contribution in [0.5, 0.6) is 0 Å². The van der Waals surface area contributed by atoms with E-state index in [0.29, 0.717) is 11.9 Å². The highest BCUT2D eigenvalue weighted by Crippen LogP contribution is 2.37. The zero-order chi connectivity index (χ0) is 16.8. The number of carbonyl (C=O) groups is 1. The largest absolute Gasteiger partial charge is 0.340 e. The number of imidazole rings is 1. The summed E-state index contributed by atoms with van der Waals surface area (Å²) in [7, 11) is 0. The number of likely N-dealkylation sites (tertiary alicyclic amines) is 1. The molecule has 2 aromatic rings. The number of carbonyl (C=O) groups excluding carboxylic acids is 1. The van der Waals surface area contributed by atoms with Crippen LogP contribution < -0.4 is 0 Å². The van der Waals surface area contributed by atoms with Gasteiger partial charge in [-0.25, -0.2) is 4.98 Å². The number of aryl methyl sites for hydroxylation is 2. The zero-order valence-electron chi connectivity index (χ0n) is 14.6. The number of thiophene rings is 1. The van der Waals surface area contributed by atoms with Crippen LogP contribution >= 0.6 is 11.3 Å². The number of fused-ring (bicyclic) bond motifs is 2. The average Bonchev–Trinajstić information content (AvgIpc) is 3.38. The molecule has 0 radical (unpaired) electrons. The minimum Gasteiger partial charge on any atom is -0.340 e. The van der Waals surface area contributed by atoms with Gasteiger partial charge < -0.3 is 9.47 Å². The van der Waals surface area contributed by atoms with E-state index in [1.807, 2.05) is 17.7 Å². The van der Waals surface area contributed by atoms with Gasteiger partial charge in [0.25, 0.3) is 0 Å². The van der Waals surface area contributed by atoms with Crippen LogP contribution in [0.3, 0.4) is 0 Å². The van der Waals surface area contributed by atoms with Crippen molar-refractivity contribution in [3.8, 4) is 0 Å². The second-order valence-corrected chi connectivity index (χ2v) is 8.72. The van der Waals surface area contributed by atoms with Gasteiger partial charge in [-0.2, -0.15) is 0 Å². The first-order valence-electron chi connectivity index (χ1n) is 9.71. The number of rotatable bonds is 2. The second kappa shape index (κ2) is 6.27. The molecule has 4 nitrogen and oxygen atoms in total. The van der Waals surface area contributed by atoms with E-state index in [2.05, 4.69) is 25.9 Å². The molecule has 0 N–H and O–H groups in total. The Labute approximate surface area is 152 Å². The first-order valence-corrected chi connectivity index (χ1v) is 10.6. The van der Waals surface area contributed by atoms with Gasteiger partial charge in [-0.05, 0) is 68.4 Å². The van der Waals surface area contributed by atoms with Crippen LogP contribution in [0.2, 0.25) is 0 Å². The van der Waals surface area contributed by atoms with Crippen LogP contribution in [0, 0.1) is 0 Å². The van der Waals surface area contributed by atoms with Crippen molar-refractivity contribution >= 4 is 17.2 Å². The van der Waals surface area contributed by atoms with E-state index in [0.717, 1.165) is 51.6 Å². The Balaban J connectivity index is 1.33. The molecular weight excluding hydrogens is 330 g/mol. The lowest BCUT2D eigenvalue weighted by molar-refractivity contribution is -0.132. The van der Waals surface area contributed by atoms with Crippen LogP contribution in [0.1, 0.15) is 65.9 Å². The third-order valence-electron chi connectivity index (χ3n) is 6.28. The average molecular weight is 356 g/mol. The number of hydrogen-bond acceptors (Lipinski definition) is 3. The van der Waals surface area contributed by atoms with Gasteiger partial charge in [-0.15, -0.1) is 11.3 Å². The summed E-state index contributed by atoms with van der Waals surface area (Å²) in [5, 5.41) is 2.15. The van der Waals surface area contributed by atoms with Crippen molar-refractivity contribution in [1.82, 2.24) is 14.5 Å². The Morgan fingerprint density at radius 3 is 3.04 bits per heavy atom. The molecule has 1 amide bonds. The van der Waals surface area contributed by atoms with Crippen molar-refractivity contribution in [3.05, 3.63) is 39.6 Å². The van der Waals surface area contributed by atoms with Crippen molar-refractivity contribution in [3.63, 3.8) is 0 Å². The van der Waals surface area contributed by atoms with E-state index in [-0.39, 0.29) is 5.92 Å². The lowest BCUT2D eigenvalue weighted by Gasteiger charge is -2.27. The van der Waals surface area contributed by atoms with Gasteiger partial charge in [0.15, 0.2) is 0 Å². The Morgan fingerprint density at radius 1 is 1.16 bits per heavy atom. The molecule has 25 heavy (non-hydrogen) atoms. The molecule has 0 saturated carbocycles. The summed E-state index contributed by atoms with van der Waals surface area (Å²) in [4.78, 5) is 21.4. The number of amides is 1. The standard InChI is InChI=1S/C20H25N3OS/c24-20(16-4-3-7-19-15(16)9-11-25-19)22-10-8-14(12-22)23-13-21-17-5-1-2-6-18(17)23/h9,11,13-14,16H,1-8,10,12H2. The molecular formula is C20H25N3OS. The monoisotopic (exact) mass is 355 g/mol. The minimum absolute atomic E-state index is 0.102. The topological polar surface area (TPSA) is 38.1 Å². The number of aromatic nitrogens is 2. The highest BCUT2D eigenvalue weighted by molar-refractivity contribution is 7.10. The normalized spacial score (nSPS) is 25.7. The van der Waals surface area contributed by atoms with Crippen LogP contribution in [0.15, 0.2) is 17.8 Å². The van der Waals surface area contributed by atoms with Crippen molar-refractivity contribution < 1.29 is 4.79 Å². The molecule has 5 heteroatoms. The smallest absolute Gasteiger partial charge is 0.230 e. The van der Waals surface area contributed by atoms with Crippen LogP contribution in [-0.4, -0.2) is 33.4 Å². The summed E-state index contributed by atoms with van der Waals surface area (Å²) >= 11 is 1.82. The maximum Gasteiger partial charge on any atom is 0.230 e. The van der Waals surface area contributed by atoms with Gasteiger partial charge in [-0.3, -0.25) is 4.79 Å². The van der Waals surface area contributed by atoms with Crippen LogP contribution in [0.25, 0.3) is 0 Å². The first-order chi connectivity index (χ1) is 12.3. The van der Waals surface area contributed by atoms with E-state index >= 15 is 0 Å². The maximum atomic E-state index is 13.2. The third kappa shape index (κ3) is 2.64. The summed E-state index contributed by atoms with van der Waals surface area (Å²) in [6.45, 7) is 1.75. The highest BCUT2D eigenvalue weighted by Gasteiger charge is 2.35. The molecule has 1 saturated heterocycles. The molecule has 0 spiro atoms. The van der Waals surface area contributed by atoms with Gasteiger partial charge in [0.1, 0.15) is 0 Å². The quantitative estimate of drug-likeness (QED) is 0.823. The zero-order valence-corrected chi connectivity index (χ0v) is 15.4. The summed E-state index contributed by atoms with van der Waals surface area (Å²) < 4.78 is 2.39. The van der Waals surface area contributed by atoms with Crippen molar-refractivity contribution in [1.29, 1.82) is 0 Å². The molecule has 5 rings (SSSR count). The molecule has 2 unspecified atom stereocenters. The van der Waals surface area contributed by atoms with Gasteiger partial charge in [0.2, 0.25) is 5.91 Å². The third-order valence-corrected chi connectivity index (χ3v) is 7.27. The lowest BCUT2D eigenvalue weighted by Crippen LogP contribution is -2.34. The van der Waals surface area contributed by atoms with Crippen molar-refractivity contribution in [2.24, 2.45) is 0 Å². The van der Waals surface area contributed by atoms with E-state index in [1.54, 1.807) is 0 Å². The second-order valence-electron chi connectivity index (χ2n) is 7.72. The summed E-state index contributed by atoms with van der Waals surface area (Å²) in [6, 6.07) is 2.60. The molecule has 2 aliphatic carbocycles. The predicted molar refractivity (Wildman–Crippen MR) is 99.1 cm³/mol. The van der Waals surface area contributed by atoms with Gasteiger partial charge >= 0.3 is 0 Å². The SMILES string of the molecule is O=C(C1CCCc2sccc21)N1CCC(n2cnc3c2CCCC3)C1. The molecule has 3 heterocycles. The molecule has 1 fully saturated rings. The first kappa shape index (κ1) is 15.6. The molecule has 1 aliphatic heterocycles. The summed E-state index contributed by atoms with van der Waals surface area (Å²) in [5.41, 5.74) is 4.04. The highest BCUT2D eigenvalue weighted by atomic mass is 32.1. The van der Waals surface area contributed by atoms with Gasteiger partial charge in [0.05, 0.1) is 24.0 Å². The minimum atomic E-state index is 0.102. The Morgan fingerprint density at radius 2 is 2.08 bits per heavy atom. The van der Waals surface area contributed by atoms with Crippen LogP contribution in [0.4, 0.5) is 0 Å². The lowest BCUT2D eigenvalue weighted by atomic mass is 9.87. The maximum absolute atomic E-state index is 13.2. The molecule has 2 atom stereocenters. The van der Waals surface area contributed by atoms with E-state index in [9.17, 15) is 4.79 Å². The van der Waals surface area contributed by atoms with Gasteiger partial charge in [0, 0.05) is 23.7 Å². The molecule has 0 aromatic carbocycles. The van der Waals surface area contributed by atoms with E-state index < -0.39 is 0 Å². The van der Waals surface area contributed by atoms with Crippen LogP contribution in [-0.2, 0) is 24.1 Å². The number of nitrogens with zero attached hydrogens (tertiary/aromatic N) is 3. The summed E-state index contributed by atoms with van der Waals surface area (Å²) in [6.07, 6.45) is 11.2. The summed E-state index contributed by atoms with van der Waals surface area (Å²) in [5.74, 6) is 0.460. The Bertz CT molecular complexity index is 793. The van der Waals surface area contributed by atoms with E-state index in [4.69, 9.17) is 0 Å². The predicted octanol–water partition coefficient (Wildman–Crippen LogP) is 3.72. The Kier molecular flexibility index (Phi) is 3.92. The van der Waals surface area contributed by atoms with Crippen molar-refractivity contribution in [2.45, 2.75) is 63.3 Å². The Hall–Kier alpha value is -1.62. The number of hydrogen-bond donors (Lipinski definition) is 0.